The zero-order valence-electron chi connectivity index (χ0n) is 11.8. The van der Waals surface area contributed by atoms with Crippen LogP contribution in [0, 0.1) is 0 Å². The third-order valence-corrected chi connectivity index (χ3v) is 4.45. The summed E-state index contributed by atoms with van der Waals surface area (Å²) in [5, 5.41) is 9.97. The molecule has 0 saturated carbocycles. The molecule has 0 radical (unpaired) electrons. The van der Waals surface area contributed by atoms with Crippen molar-refractivity contribution in [2.75, 3.05) is 14.1 Å². The van der Waals surface area contributed by atoms with Gasteiger partial charge in [-0.2, -0.15) is 0 Å². The van der Waals surface area contributed by atoms with Crippen LogP contribution in [0.2, 0.25) is 0 Å². The van der Waals surface area contributed by atoms with E-state index in [1.54, 1.807) is 23.5 Å². The molecular formula is C15H18N2O2S. The molecule has 0 aliphatic heterocycles. The van der Waals surface area contributed by atoms with Crippen LogP contribution in [0.3, 0.4) is 0 Å². The van der Waals surface area contributed by atoms with E-state index in [2.05, 4.69) is 16.8 Å². The summed E-state index contributed by atoms with van der Waals surface area (Å²) >= 11 is 1.71. The van der Waals surface area contributed by atoms with Crippen molar-refractivity contribution in [3.05, 3.63) is 51.5 Å². The molecule has 1 atom stereocenters. The van der Waals surface area contributed by atoms with Gasteiger partial charge in [0.05, 0.1) is 11.6 Å². The van der Waals surface area contributed by atoms with Crippen LogP contribution in [-0.4, -0.2) is 35.1 Å². The van der Waals surface area contributed by atoms with Crippen LogP contribution in [-0.2, 0) is 6.42 Å². The van der Waals surface area contributed by atoms with Gasteiger partial charge in [0.25, 0.3) is 0 Å². The summed E-state index contributed by atoms with van der Waals surface area (Å²) in [6, 6.07) is 7.31. The van der Waals surface area contributed by atoms with E-state index < -0.39 is 5.97 Å². The molecule has 0 saturated heterocycles. The van der Waals surface area contributed by atoms with Gasteiger partial charge < -0.3 is 10.0 Å². The number of nitrogens with zero attached hydrogens (tertiary/aromatic N) is 2. The maximum absolute atomic E-state index is 10.8. The SMILES string of the molecule is C[C@@H](c1ncc(Cc2ccc(C(=O)O)cc2)s1)N(C)C. The number of carboxylic acid groups (broad SMARTS) is 1. The van der Waals surface area contributed by atoms with Gasteiger partial charge in [-0.05, 0) is 38.7 Å². The standard InChI is InChI=1S/C15H18N2O2S/c1-10(17(2)3)14-16-9-13(20-14)8-11-4-6-12(7-5-11)15(18)19/h4-7,9-10H,8H2,1-3H3,(H,18,19)/t10-/m0/s1. The lowest BCUT2D eigenvalue weighted by Gasteiger charge is -2.16. The van der Waals surface area contributed by atoms with Crippen molar-refractivity contribution < 1.29 is 9.90 Å². The maximum Gasteiger partial charge on any atom is 0.335 e. The zero-order valence-corrected chi connectivity index (χ0v) is 12.6. The van der Waals surface area contributed by atoms with Crippen LogP contribution >= 0.6 is 11.3 Å². The second-order valence-corrected chi connectivity index (χ2v) is 6.13. The number of thiazole rings is 1. The molecule has 0 fully saturated rings. The number of carboxylic acids is 1. The lowest BCUT2D eigenvalue weighted by atomic mass is 10.1. The number of aromatic carboxylic acids is 1. The van der Waals surface area contributed by atoms with Crippen LogP contribution in [0.1, 0.15) is 38.8 Å². The summed E-state index contributed by atoms with van der Waals surface area (Å²) < 4.78 is 0. The summed E-state index contributed by atoms with van der Waals surface area (Å²) in [6.45, 7) is 2.13. The molecule has 1 heterocycles. The Hall–Kier alpha value is -1.72. The van der Waals surface area contributed by atoms with E-state index in [0.717, 1.165) is 17.0 Å². The van der Waals surface area contributed by atoms with Gasteiger partial charge in [-0.25, -0.2) is 9.78 Å². The Kier molecular flexibility index (Phi) is 4.52. The first-order valence-electron chi connectivity index (χ1n) is 6.40. The number of hydrogen-bond donors (Lipinski definition) is 1. The van der Waals surface area contributed by atoms with E-state index >= 15 is 0 Å². The minimum atomic E-state index is -0.892. The first kappa shape index (κ1) is 14.7. The molecule has 106 valence electrons. The van der Waals surface area contributed by atoms with E-state index in [9.17, 15) is 4.79 Å². The monoisotopic (exact) mass is 290 g/mol. The van der Waals surface area contributed by atoms with Crippen molar-refractivity contribution in [2.45, 2.75) is 19.4 Å². The molecular weight excluding hydrogens is 272 g/mol. The van der Waals surface area contributed by atoms with E-state index in [4.69, 9.17) is 5.11 Å². The van der Waals surface area contributed by atoms with Crippen molar-refractivity contribution in [3.63, 3.8) is 0 Å². The van der Waals surface area contributed by atoms with Crippen LogP contribution in [0.4, 0.5) is 0 Å². The summed E-state index contributed by atoms with van der Waals surface area (Å²) in [4.78, 5) is 18.6. The molecule has 0 aliphatic carbocycles. The molecule has 1 aromatic heterocycles. The molecule has 2 rings (SSSR count). The third kappa shape index (κ3) is 3.43. The van der Waals surface area contributed by atoms with Gasteiger partial charge in [0.15, 0.2) is 0 Å². The molecule has 1 aromatic carbocycles. The Labute approximate surface area is 122 Å². The predicted molar refractivity (Wildman–Crippen MR) is 80.4 cm³/mol. The van der Waals surface area contributed by atoms with Crippen LogP contribution in [0.25, 0.3) is 0 Å². The smallest absolute Gasteiger partial charge is 0.335 e. The Bertz CT molecular complexity index is 590. The molecule has 0 unspecified atom stereocenters. The highest BCUT2D eigenvalue weighted by Crippen LogP contribution is 2.24. The predicted octanol–water partition coefficient (Wildman–Crippen LogP) is 3.05. The van der Waals surface area contributed by atoms with Gasteiger partial charge in [-0.1, -0.05) is 12.1 Å². The highest BCUT2D eigenvalue weighted by molar-refractivity contribution is 7.11. The fourth-order valence-corrected chi connectivity index (χ4v) is 2.88. The Morgan fingerprint density at radius 1 is 1.35 bits per heavy atom. The number of hydrogen-bond acceptors (Lipinski definition) is 4. The Morgan fingerprint density at radius 2 is 2.00 bits per heavy atom. The molecule has 0 aliphatic rings. The van der Waals surface area contributed by atoms with Crippen molar-refractivity contribution in [3.8, 4) is 0 Å². The van der Waals surface area contributed by atoms with Crippen molar-refractivity contribution in [1.29, 1.82) is 0 Å². The van der Waals surface area contributed by atoms with Crippen LogP contribution in [0.15, 0.2) is 30.5 Å². The van der Waals surface area contributed by atoms with Gasteiger partial charge in [0.1, 0.15) is 5.01 Å². The molecule has 0 spiro atoms. The van der Waals surface area contributed by atoms with Crippen LogP contribution in [0.5, 0.6) is 0 Å². The second kappa shape index (κ2) is 6.15. The molecule has 0 amide bonds. The zero-order chi connectivity index (χ0) is 14.7. The minimum Gasteiger partial charge on any atom is -0.478 e. The third-order valence-electron chi connectivity index (χ3n) is 3.28. The fourth-order valence-electron chi connectivity index (χ4n) is 1.78. The summed E-state index contributed by atoms with van der Waals surface area (Å²) in [6.07, 6.45) is 2.70. The highest BCUT2D eigenvalue weighted by atomic mass is 32.1. The van der Waals surface area contributed by atoms with Gasteiger partial charge in [-0.15, -0.1) is 11.3 Å². The molecule has 20 heavy (non-hydrogen) atoms. The summed E-state index contributed by atoms with van der Waals surface area (Å²) in [5.74, 6) is -0.892. The maximum atomic E-state index is 10.8. The van der Waals surface area contributed by atoms with Gasteiger partial charge in [0.2, 0.25) is 0 Å². The minimum absolute atomic E-state index is 0.308. The first-order valence-corrected chi connectivity index (χ1v) is 7.22. The van der Waals surface area contributed by atoms with E-state index in [0.29, 0.717) is 11.6 Å². The number of rotatable bonds is 5. The number of benzene rings is 1. The second-order valence-electron chi connectivity index (χ2n) is 4.98. The average molecular weight is 290 g/mol. The van der Waals surface area contributed by atoms with Crippen molar-refractivity contribution in [1.82, 2.24) is 9.88 Å². The van der Waals surface area contributed by atoms with E-state index in [1.165, 1.54) is 4.88 Å². The molecule has 1 N–H and O–H groups in total. The van der Waals surface area contributed by atoms with Gasteiger partial charge >= 0.3 is 5.97 Å². The molecule has 4 nitrogen and oxygen atoms in total. The average Bonchev–Trinajstić information content (AvgIpc) is 2.86. The largest absolute Gasteiger partial charge is 0.478 e. The van der Waals surface area contributed by atoms with Crippen LogP contribution < -0.4 is 0 Å². The molecule has 0 bridgehead atoms. The molecule has 2 aromatic rings. The quantitative estimate of drug-likeness (QED) is 0.919. The van der Waals surface area contributed by atoms with E-state index in [-0.39, 0.29) is 0 Å². The number of carbonyl (C=O) groups is 1. The fraction of sp³-hybridized carbons (Fsp3) is 0.333. The summed E-state index contributed by atoms with van der Waals surface area (Å²) in [7, 11) is 4.08. The first-order chi connectivity index (χ1) is 9.47. The van der Waals surface area contributed by atoms with Gasteiger partial charge in [0, 0.05) is 17.5 Å². The van der Waals surface area contributed by atoms with E-state index in [1.807, 2.05) is 32.4 Å². The Morgan fingerprint density at radius 3 is 2.55 bits per heavy atom. The van der Waals surface area contributed by atoms with Gasteiger partial charge in [-0.3, -0.25) is 0 Å². The highest BCUT2D eigenvalue weighted by Gasteiger charge is 2.12. The summed E-state index contributed by atoms with van der Waals surface area (Å²) in [5.41, 5.74) is 1.42. The van der Waals surface area contributed by atoms with Crippen molar-refractivity contribution >= 4 is 17.3 Å². The molecule has 5 heteroatoms. The lowest BCUT2D eigenvalue weighted by Crippen LogP contribution is -2.16. The normalized spacial score (nSPS) is 12.6. The Balaban J connectivity index is 2.08. The van der Waals surface area contributed by atoms with Crippen molar-refractivity contribution in [2.24, 2.45) is 0 Å². The topological polar surface area (TPSA) is 53.4 Å². The number of aromatic nitrogens is 1. The lowest BCUT2D eigenvalue weighted by molar-refractivity contribution is 0.0697.